The van der Waals surface area contributed by atoms with E-state index < -0.39 is 0 Å². The second-order valence-corrected chi connectivity index (χ2v) is 7.16. The topological polar surface area (TPSA) is 26.0 Å². The lowest BCUT2D eigenvalue weighted by molar-refractivity contribution is 0.448. The first-order valence-electron chi connectivity index (χ1n) is 6.36. The van der Waals surface area contributed by atoms with Crippen molar-refractivity contribution in [1.29, 1.82) is 0 Å². The fourth-order valence-electron chi connectivity index (χ4n) is 2.76. The molecule has 0 bridgehead atoms. The van der Waals surface area contributed by atoms with Crippen molar-refractivity contribution in [2.24, 2.45) is 5.73 Å². The Labute approximate surface area is 103 Å². The highest BCUT2D eigenvalue weighted by Gasteiger charge is 2.29. The molecule has 0 amide bonds. The Hall–Kier alpha value is 0.660. The first kappa shape index (κ1) is 12.1. The van der Waals surface area contributed by atoms with Gasteiger partial charge in [-0.3, -0.25) is 0 Å². The molecule has 2 fully saturated rings. The molecule has 3 heteroatoms. The van der Waals surface area contributed by atoms with E-state index in [0.717, 1.165) is 10.5 Å². The number of hydrogen-bond donors (Lipinski definition) is 2. The first-order valence-corrected chi connectivity index (χ1v) is 7.82. The molecule has 2 aliphatic rings. The van der Waals surface area contributed by atoms with Gasteiger partial charge < -0.3 is 5.73 Å². The maximum absolute atomic E-state index is 6.20. The average molecular weight is 245 g/mol. The number of hydrogen-bond acceptors (Lipinski definition) is 3. The van der Waals surface area contributed by atoms with Crippen molar-refractivity contribution < 1.29 is 0 Å². The Morgan fingerprint density at radius 1 is 0.867 bits per heavy atom. The predicted octanol–water partition coefficient (Wildman–Crippen LogP) is 3.23. The third kappa shape index (κ3) is 3.31. The zero-order valence-corrected chi connectivity index (χ0v) is 11.1. The van der Waals surface area contributed by atoms with E-state index in [9.17, 15) is 0 Å². The average Bonchev–Trinajstić information content (AvgIpc) is 2.24. The third-order valence-corrected chi connectivity index (χ3v) is 6.44. The molecule has 0 aromatic heterocycles. The zero-order valence-electron chi connectivity index (χ0n) is 9.40. The molecule has 0 spiro atoms. The summed E-state index contributed by atoms with van der Waals surface area (Å²) < 4.78 is 0. The van der Waals surface area contributed by atoms with Crippen LogP contribution in [0, 0.1) is 0 Å². The lowest BCUT2D eigenvalue weighted by Gasteiger charge is -2.35. The van der Waals surface area contributed by atoms with Crippen molar-refractivity contribution in [2.45, 2.75) is 73.2 Å². The number of thiol groups is 1. The highest BCUT2D eigenvalue weighted by molar-refractivity contribution is 8.01. The molecule has 0 radical (unpaired) electrons. The molecule has 88 valence electrons. The summed E-state index contributed by atoms with van der Waals surface area (Å²) in [4.78, 5) is 0. The van der Waals surface area contributed by atoms with Crippen LogP contribution in [0.25, 0.3) is 0 Å². The number of nitrogens with two attached hydrogens (primary N) is 1. The van der Waals surface area contributed by atoms with Crippen LogP contribution in [0.4, 0.5) is 0 Å². The third-order valence-electron chi connectivity index (χ3n) is 3.77. The molecule has 2 saturated carbocycles. The molecule has 0 aromatic carbocycles. The molecule has 2 aliphatic carbocycles. The van der Waals surface area contributed by atoms with E-state index in [1.165, 1.54) is 51.4 Å². The summed E-state index contributed by atoms with van der Waals surface area (Å²) in [5, 5.41) is 2.12. The van der Waals surface area contributed by atoms with Gasteiger partial charge in [-0.2, -0.15) is 24.4 Å². The molecule has 15 heavy (non-hydrogen) atoms. The molecule has 0 heterocycles. The van der Waals surface area contributed by atoms with Gasteiger partial charge in [-0.1, -0.05) is 25.7 Å². The van der Waals surface area contributed by atoms with Crippen molar-refractivity contribution in [3.05, 3.63) is 0 Å². The van der Waals surface area contributed by atoms with Gasteiger partial charge in [0.05, 0.1) is 0 Å². The summed E-state index contributed by atoms with van der Waals surface area (Å²) in [6.07, 6.45) is 10.7. The molecule has 2 rings (SSSR count). The van der Waals surface area contributed by atoms with Gasteiger partial charge in [0.15, 0.2) is 0 Å². The summed E-state index contributed by atoms with van der Waals surface area (Å²) in [5.41, 5.74) is 6.20. The summed E-state index contributed by atoms with van der Waals surface area (Å²) in [6.45, 7) is 0. The molecular weight excluding hydrogens is 222 g/mol. The minimum atomic E-state index is 0.450. The molecule has 0 aromatic rings. The summed E-state index contributed by atoms with van der Waals surface area (Å²) >= 11 is 6.88. The fourth-order valence-corrected chi connectivity index (χ4v) is 5.01. The van der Waals surface area contributed by atoms with Crippen LogP contribution in [0.1, 0.15) is 51.4 Å². The molecule has 4 unspecified atom stereocenters. The molecule has 2 N–H and O–H groups in total. The van der Waals surface area contributed by atoms with Crippen LogP contribution in [0.15, 0.2) is 0 Å². The molecule has 0 saturated heterocycles. The van der Waals surface area contributed by atoms with E-state index in [1.807, 2.05) is 0 Å². The van der Waals surface area contributed by atoms with Crippen LogP contribution < -0.4 is 5.73 Å². The monoisotopic (exact) mass is 245 g/mol. The van der Waals surface area contributed by atoms with Gasteiger partial charge >= 0.3 is 0 Å². The van der Waals surface area contributed by atoms with Gasteiger partial charge in [-0.15, -0.1) is 0 Å². The quantitative estimate of drug-likeness (QED) is 0.731. The lowest BCUT2D eigenvalue weighted by atomic mass is 9.96. The fraction of sp³-hybridized carbons (Fsp3) is 1.00. The van der Waals surface area contributed by atoms with Crippen LogP contribution in [0.2, 0.25) is 0 Å². The normalized spacial score (nSPS) is 42.8. The van der Waals surface area contributed by atoms with E-state index in [2.05, 4.69) is 11.8 Å². The Balaban J connectivity index is 1.83. The van der Waals surface area contributed by atoms with Gasteiger partial charge in [-0.25, -0.2) is 0 Å². The highest BCUT2D eigenvalue weighted by atomic mass is 32.2. The lowest BCUT2D eigenvalue weighted by Crippen LogP contribution is -2.38. The zero-order chi connectivity index (χ0) is 10.7. The van der Waals surface area contributed by atoms with Gasteiger partial charge in [0.2, 0.25) is 0 Å². The second-order valence-electron chi connectivity index (χ2n) is 5.01. The van der Waals surface area contributed by atoms with Gasteiger partial charge in [0.25, 0.3) is 0 Å². The van der Waals surface area contributed by atoms with Crippen LogP contribution in [0.5, 0.6) is 0 Å². The predicted molar refractivity (Wildman–Crippen MR) is 72.9 cm³/mol. The summed E-state index contributed by atoms with van der Waals surface area (Å²) in [7, 11) is 0. The number of rotatable bonds is 2. The van der Waals surface area contributed by atoms with Crippen LogP contribution in [-0.4, -0.2) is 21.8 Å². The maximum atomic E-state index is 6.20. The maximum Gasteiger partial charge on any atom is 0.0202 e. The minimum absolute atomic E-state index is 0.450. The second kappa shape index (κ2) is 5.83. The summed E-state index contributed by atoms with van der Waals surface area (Å²) in [6, 6.07) is 0.450. The molecular formula is C12H23NS2. The minimum Gasteiger partial charge on any atom is -0.327 e. The highest BCUT2D eigenvalue weighted by Crippen LogP contribution is 2.38. The van der Waals surface area contributed by atoms with Crippen LogP contribution >= 0.6 is 24.4 Å². The SMILES string of the molecule is NC1CCCCC1SC1CCCCC1S. The van der Waals surface area contributed by atoms with Crippen LogP contribution in [-0.2, 0) is 0 Å². The Kier molecular flexibility index (Phi) is 4.71. The first-order chi connectivity index (χ1) is 7.27. The van der Waals surface area contributed by atoms with Gasteiger partial charge in [0.1, 0.15) is 0 Å². The van der Waals surface area contributed by atoms with E-state index >= 15 is 0 Å². The van der Waals surface area contributed by atoms with E-state index in [0.29, 0.717) is 11.3 Å². The van der Waals surface area contributed by atoms with Crippen molar-refractivity contribution in [3.63, 3.8) is 0 Å². The van der Waals surface area contributed by atoms with Crippen molar-refractivity contribution >= 4 is 24.4 Å². The van der Waals surface area contributed by atoms with Crippen molar-refractivity contribution in [1.82, 2.24) is 0 Å². The molecule has 0 aliphatic heterocycles. The largest absolute Gasteiger partial charge is 0.327 e. The Bertz CT molecular complexity index is 178. The molecule has 1 nitrogen and oxygen atoms in total. The van der Waals surface area contributed by atoms with E-state index in [-0.39, 0.29) is 0 Å². The smallest absolute Gasteiger partial charge is 0.0202 e. The Morgan fingerprint density at radius 2 is 1.47 bits per heavy atom. The summed E-state index contributed by atoms with van der Waals surface area (Å²) in [5.74, 6) is 0. The van der Waals surface area contributed by atoms with Crippen molar-refractivity contribution in [3.8, 4) is 0 Å². The van der Waals surface area contributed by atoms with Crippen molar-refractivity contribution in [2.75, 3.05) is 0 Å². The Morgan fingerprint density at radius 3 is 2.13 bits per heavy atom. The number of thioether (sulfide) groups is 1. The standard InChI is InChI=1S/C12H23NS2/c13-9-5-1-3-7-11(9)15-12-8-4-2-6-10(12)14/h9-12,14H,1-8,13H2. The van der Waals surface area contributed by atoms with Gasteiger partial charge in [-0.05, 0) is 25.7 Å². The van der Waals surface area contributed by atoms with Crippen LogP contribution in [0.3, 0.4) is 0 Å². The van der Waals surface area contributed by atoms with E-state index in [4.69, 9.17) is 18.4 Å². The molecule has 4 atom stereocenters. The van der Waals surface area contributed by atoms with E-state index in [1.54, 1.807) is 0 Å². The van der Waals surface area contributed by atoms with Gasteiger partial charge in [0, 0.05) is 21.8 Å².